The first kappa shape index (κ1) is 13.7. The molecule has 0 heterocycles. The van der Waals surface area contributed by atoms with Crippen molar-refractivity contribution in [2.45, 2.75) is 26.1 Å². The Kier molecular flexibility index (Phi) is 7.84. The van der Waals surface area contributed by atoms with Crippen LogP contribution in [0.1, 0.15) is 13.8 Å². The fourth-order valence-corrected chi connectivity index (χ4v) is 0.935. The van der Waals surface area contributed by atoms with Gasteiger partial charge in [0.15, 0.2) is 0 Å². The Morgan fingerprint density at radius 1 is 1.29 bits per heavy atom. The van der Waals surface area contributed by atoms with Crippen molar-refractivity contribution in [3.63, 3.8) is 0 Å². The maximum Gasteiger partial charge on any atom is 0.321 e. The number of hydrogen-bond donors (Lipinski definition) is 0. The topological polar surface area (TPSA) is 44.8 Å². The number of hydrogen-bond acceptors (Lipinski definition) is 4. The van der Waals surface area contributed by atoms with Crippen molar-refractivity contribution in [2.75, 3.05) is 26.2 Å². The molecule has 0 saturated carbocycles. The number of alkyl halides is 1. The summed E-state index contributed by atoms with van der Waals surface area (Å²) < 4.78 is 15.1. The summed E-state index contributed by atoms with van der Waals surface area (Å²) in [5.41, 5.74) is 0. The average molecular weight is 225 g/mol. The van der Waals surface area contributed by atoms with E-state index in [1.165, 1.54) is 0 Å². The van der Waals surface area contributed by atoms with E-state index in [1.54, 1.807) is 14.0 Å². The molecule has 0 aromatic heterocycles. The van der Waals surface area contributed by atoms with Crippen molar-refractivity contribution in [3.8, 4) is 0 Å². The van der Waals surface area contributed by atoms with Crippen molar-refractivity contribution in [2.24, 2.45) is 0 Å². The van der Waals surface area contributed by atoms with Gasteiger partial charge >= 0.3 is 5.97 Å². The summed E-state index contributed by atoms with van der Waals surface area (Å²) in [7, 11) is 1.61. The Labute approximate surface area is 89.5 Å². The van der Waals surface area contributed by atoms with E-state index in [2.05, 4.69) is 0 Å². The van der Waals surface area contributed by atoms with Crippen LogP contribution in [0.2, 0.25) is 0 Å². The molecule has 5 heteroatoms. The van der Waals surface area contributed by atoms with Gasteiger partial charge in [0.05, 0.1) is 19.3 Å². The molecule has 14 heavy (non-hydrogen) atoms. The van der Waals surface area contributed by atoms with Gasteiger partial charge in [-0.25, -0.2) is 0 Å². The average Bonchev–Trinajstić information content (AvgIpc) is 2.15. The predicted octanol–water partition coefficient (Wildman–Crippen LogP) is 1.21. The van der Waals surface area contributed by atoms with E-state index in [1.807, 2.05) is 6.92 Å². The maximum absolute atomic E-state index is 10.8. The molecular weight excluding hydrogens is 208 g/mol. The lowest BCUT2D eigenvalue weighted by atomic mass is 10.4. The zero-order valence-corrected chi connectivity index (χ0v) is 9.54. The monoisotopic (exact) mass is 224 g/mol. The lowest BCUT2D eigenvalue weighted by Crippen LogP contribution is -2.25. The number of halogens is 1. The highest BCUT2D eigenvalue weighted by Gasteiger charge is 2.10. The third-order valence-corrected chi connectivity index (χ3v) is 1.68. The van der Waals surface area contributed by atoms with E-state index in [9.17, 15) is 4.79 Å². The van der Waals surface area contributed by atoms with Crippen LogP contribution < -0.4 is 0 Å². The molecule has 0 bridgehead atoms. The van der Waals surface area contributed by atoms with Crippen LogP contribution in [0.3, 0.4) is 0 Å². The summed E-state index contributed by atoms with van der Waals surface area (Å²) in [6, 6.07) is 0. The second kappa shape index (κ2) is 8.03. The van der Waals surface area contributed by atoms with E-state index in [-0.39, 0.29) is 18.1 Å². The minimum Gasteiger partial charge on any atom is -0.459 e. The van der Waals surface area contributed by atoms with Gasteiger partial charge in [-0.2, -0.15) is 0 Å². The molecule has 0 rings (SSSR count). The highest BCUT2D eigenvalue weighted by atomic mass is 35.5. The summed E-state index contributed by atoms with van der Waals surface area (Å²) in [4.78, 5) is 10.8. The maximum atomic E-state index is 10.8. The molecular formula is C9H17ClO4. The van der Waals surface area contributed by atoms with Crippen LogP contribution in [0, 0.1) is 0 Å². The summed E-state index contributed by atoms with van der Waals surface area (Å²) in [6.45, 7) is 4.52. The molecule has 2 unspecified atom stereocenters. The van der Waals surface area contributed by atoms with Gasteiger partial charge in [-0.3, -0.25) is 4.79 Å². The predicted molar refractivity (Wildman–Crippen MR) is 53.6 cm³/mol. The Bertz CT molecular complexity index is 163. The number of carbonyl (C=O) groups excluding carboxylic acids is 1. The Morgan fingerprint density at radius 2 is 1.93 bits per heavy atom. The molecule has 0 aliphatic rings. The smallest absolute Gasteiger partial charge is 0.321 e. The molecule has 0 aliphatic heterocycles. The van der Waals surface area contributed by atoms with Gasteiger partial charge in [0.1, 0.15) is 12.0 Å². The fraction of sp³-hybridized carbons (Fsp3) is 0.889. The molecule has 0 aromatic rings. The number of rotatable bonds is 7. The highest BCUT2D eigenvalue weighted by Crippen LogP contribution is 1.98. The normalized spacial score (nSPS) is 14.9. The van der Waals surface area contributed by atoms with E-state index >= 15 is 0 Å². The molecule has 0 amide bonds. The van der Waals surface area contributed by atoms with Crippen LogP contribution in [0.15, 0.2) is 0 Å². The minimum absolute atomic E-state index is 0.00264. The molecule has 0 fully saturated rings. The van der Waals surface area contributed by atoms with Crippen LogP contribution in [0.25, 0.3) is 0 Å². The quantitative estimate of drug-likeness (QED) is 0.482. The summed E-state index contributed by atoms with van der Waals surface area (Å²) in [6.07, 6.45) is -0.280. The van der Waals surface area contributed by atoms with Gasteiger partial charge in [-0.1, -0.05) is 0 Å². The molecule has 0 aromatic carbocycles. The number of esters is 1. The second-order valence-electron chi connectivity index (χ2n) is 3.03. The number of ether oxygens (including phenoxy) is 3. The van der Waals surface area contributed by atoms with Gasteiger partial charge in [0.2, 0.25) is 0 Å². The molecule has 0 spiro atoms. The summed E-state index contributed by atoms with van der Waals surface area (Å²) in [5.74, 6) is -0.556. The van der Waals surface area contributed by atoms with Crippen molar-refractivity contribution in [1.82, 2.24) is 0 Å². The largest absolute Gasteiger partial charge is 0.459 e. The molecule has 2 atom stereocenters. The van der Waals surface area contributed by atoms with Crippen molar-refractivity contribution < 1.29 is 19.0 Å². The van der Waals surface area contributed by atoms with E-state index in [0.717, 1.165) is 0 Å². The Morgan fingerprint density at radius 3 is 2.43 bits per heavy atom. The van der Waals surface area contributed by atoms with Gasteiger partial charge in [0, 0.05) is 7.11 Å². The van der Waals surface area contributed by atoms with Crippen LogP contribution in [-0.2, 0) is 19.0 Å². The van der Waals surface area contributed by atoms with E-state index in [4.69, 9.17) is 25.8 Å². The third kappa shape index (κ3) is 7.12. The van der Waals surface area contributed by atoms with Crippen LogP contribution in [0.4, 0.5) is 0 Å². The molecule has 0 radical (unpaired) electrons. The minimum atomic E-state index is -0.429. The van der Waals surface area contributed by atoms with Crippen molar-refractivity contribution >= 4 is 17.6 Å². The zero-order valence-electron chi connectivity index (χ0n) is 8.79. The number of methoxy groups -OCH3 is 1. The highest BCUT2D eigenvalue weighted by molar-refractivity contribution is 6.26. The molecule has 0 N–H and O–H groups in total. The molecule has 84 valence electrons. The van der Waals surface area contributed by atoms with Gasteiger partial charge in [-0.05, 0) is 13.8 Å². The summed E-state index contributed by atoms with van der Waals surface area (Å²) in [5, 5.41) is 0. The van der Waals surface area contributed by atoms with Crippen molar-refractivity contribution in [3.05, 3.63) is 0 Å². The number of carbonyl (C=O) groups is 1. The van der Waals surface area contributed by atoms with E-state index < -0.39 is 5.97 Å². The van der Waals surface area contributed by atoms with Crippen LogP contribution >= 0.6 is 11.6 Å². The Hall–Kier alpha value is -0.320. The molecule has 0 saturated heterocycles. The Balaban J connectivity index is 3.52. The van der Waals surface area contributed by atoms with Crippen LogP contribution in [0.5, 0.6) is 0 Å². The zero-order chi connectivity index (χ0) is 11.0. The van der Waals surface area contributed by atoms with Crippen molar-refractivity contribution in [1.29, 1.82) is 0 Å². The fourth-order valence-electron chi connectivity index (χ4n) is 0.873. The SMILES string of the molecule is COCC(C)OCC(C)OC(=O)CCl. The third-order valence-electron chi connectivity index (χ3n) is 1.46. The van der Waals surface area contributed by atoms with Gasteiger partial charge < -0.3 is 14.2 Å². The van der Waals surface area contributed by atoms with Gasteiger partial charge in [0.25, 0.3) is 0 Å². The molecule has 0 aliphatic carbocycles. The lowest BCUT2D eigenvalue weighted by molar-refractivity contribution is -0.149. The molecule has 4 nitrogen and oxygen atoms in total. The van der Waals surface area contributed by atoms with Gasteiger partial charge in [-0.15, -0.1) is 11.6 Å². The summed E-state index contributed by atoms with van der Waals surface area (Å²) >= 11 is 5.27. The first-order chi connectivity index (χ1) is 6.60. The first-order valence-corrected chi connectivity index (χ1v) is 4.99. The lowest BCUT2D eigenvalue weighted by Gasteiger charge is -2.16. The standard InChI is InChI=1S/C9H17ClO4/c1-7(5-12-3)13-6-8(2)14-9(11)4-10/h7-8H,4-6H2,1-3H3. The first-order valence-electron chi connectivity index (χ1n) is 4.46. The van der Waals surface area contributed by atoms with E-state index in [0.29, 0.717) is 13.2 Å². The van der Waals surface area contributed by atoms with Crippen LogP contribution in [-0.4, -0.2) is 44.4 Å². The second-order valence-corrected chi connectivity index (χ2v) is 3.30.